The minimum absolute atomic E-state index is 0.140. The van der Waals surface area contributed by atoms with Crippen LogP contribution in [0.15, 0.2) is 24.3 Å². The molecule has 0 spiro atoms. The fourth-order valence-electron chi connectivity index (χ4n) is 1.74. The second kappa shape index (κ2) is 7.95. The van der Waals surface area contributed by atoms with E-state index in [2.05, 4.69) is 0 Å². The highest BCUT2D eigenvalue weighted by atomic mass is 19.1. The maximum Gasteiger partial charge on any atom is 0.151 e. The Morgan fingerprint density at radius 1 is 1.33 bits per heavy atom. The van der Waals surface area contributed by atoms with Crippen LogP contribution >= 0.6 is 0 Å². The van der Waals surface area contributed by atoms with Crippen molar-refractivity contribution in [2.24, 2.45) is 0 Å². The number of likely N-dealkylation sites (N-methyl/N-ethyl adjacent to an activating group) is 1. The van der Waals surface area contributed by atoms with Crippen molar-refractivity contribution in [1.29, 1.82) is 0 Å². The molecule has 0 fully saturated rings. The van der Waals surface area contributed by atoms with Crippen LogP contribution in [0, 0.1) is 5.82 Å². The van der Waals surface area contributed by atoms with Crippen LogP contribution in [0.5, 0.6) is 0 Å². The van der Waals surface area contributed by atoms with Crippen molar-refractivity contribution in [2.75, 3.05) is 33.9 Å². The van der Waals surface area contributed by atoms with Crippen LogP contribution in [0.2, 0.25) is 0 Å². The van der Waals surface area contributed by atoms with E-state index in [0.717, 1.165) is 18.5 Å². The van der Waals surface area contributed by atoms with E-state index in [9.17, 15) is 9.18 Å². The van der Waals surface area contributed by atoms with E-state index in [4.69, 9.17) is 4.74 Å². The lowest BCUT2D eigenvalue weighted by molar-refractivity contribution is -0.119. The van der Waals surface area contributed by atoms with Gasteiger partial charge in [0, 0.05) is 26.7 Å². The van der Waals surface area contributed by atoms with Crippen LogP contribution in [0.4, 0.5) is 4.39 Å². The number of ether oxygens (including phenoxy) is 1. The number of hydrogen-bond donors (Lipinski definition) is 0. The predicted octanol–water partition coefficient (Wildman–Crippen LogP) is 1.91. The van der Waals surface area contributed by atoms with Gasteiger partial charge >= 0.3 is 0 Å². The number of methoxy groups -OCH3 is 1. The van der Waals surface area contributed by atoms with Gasteiger partial charge in [-0.15, -0.1) is 0 Å². The van der Waals surface area contributed by atoms with Crippen molar-refractivity contribution in [3.05, 3.63) is 35.6 Å². The predicted molar refractivity (Wildman–Crippen MR) is 69.1 cm³/mol. The summed E-state index contributed by atoms with van der Waals surface area (Å²) >= 11 is 0. The highest BCUT2D eigenvalue weighted by Crippen LogP contribution is 2.04. The molecule has 0 aromatic heterocycles. The number of halogens is 1. The van der Waals surface area contributed by atoms with E-state index in [1.807, 2.05) is 11.9 Å². The molecule has 0 aliphatic heterocycles. The Hall–Kier alpha value is -1.26. The van der Waals surface area contributed by atoms with Gasteiger partial charge in [0.25, 0.3) is 0 Å². The second-order valence-corrected chi connectivity index (χ2v) is 4.43. The van der Waals surface area contributed by atoms with Gasteiger partial charge in [0.2, 0.25) is 0 Å². The zero-order chi connectivity index (χ0) is 13.4. The summed E-state index contributed by atoms with van der Waals surface area (Å²) in [6, 6.07) is 6.06. The normalized spacial score (nSPS) is 10.9. The summed E-state index contributed by atoms with van der Waals surface area (Å²) in [5.74, 6) is -0.135. The smallest absolute Gasteiger partial charge is 0.151 e. The van der Waals surface area contributed by atoms with Crippen LogP contribution in [0.25, 0.3) is 0 Å². The Balaban J connectivity index is 2.30. The number of carbonyl (C=O) groups excluding carboxylic acids is 1. The van der Waals surface area contributed by atoms with E-state index >= 15 is 0 Å². The molecule has 18 heavy (non-hydrogen) atoms. The molecule has 0 atom stereocenters. The summed E-state index contributed by atoms with van der Waals surface area (Å²) in [5, 5.41) is 0. The number of benzene rings is 1. The summed E-state index contributed by atoms with van der Waals surface area (Å²) in [6.07, 6.45) is 1.27. The van der Waals surface area contributed by atoms with Gasteiger partial charge in [0.15, 0.2) is 5.78 Å². The van der Waals surface area contributed by atoms with Gasteiger partial charge in [0.05, 0.1) is 6.54 Å². The van der Waals surface area contributed by atoms with Crippen molar-refractivity contribution in [3.63, 3.8) is 0 Å². The van der Waals surface area contributed by atoms with Gasteiger partial charge < -0.3 is 4.74 Å². The summed E-state index contributed by atoms with van der Waals surface area (Å²) in [7, 11) is 3.58. The maximum atomic E-state index is 12.7. The standard InChI is InChI=1S/C14H20FNO2/c1-16(8-3-9-18-2)11-14(17)10-12-4-6-13(15)7-5-12/h4-7H,3,8-11H2,1-2H3. The molecule has 1 aromatic carbocycles. The number of carbonyl (C=O) groups is 1. The van der Waals surface area contributed by atoms with E-state index < -0.39 is 0 Å². The molecule has 0 radical (unpaired) electrons. The van der Waals surface area contributed by atoms with Crippen molar-refractivity contribution in [3.8, 4) is 0 Å². The SMILES string of the molecule is COCCCN(C)CC(=O)Cc1ccc(F)cc1. The fourth-order valence-corrected chi connectivity index (χ4v) is 1.74. The van der Waals surface area contributed by atoms with Gasteiger partial charge in [0.1, 0.15) is 5.82 Å². The highest BCUT2D eigenvalue weighted by Gasteiger charge is 2.07. The zero-order valence-corrected chi connectivity index (χ0v) is 11.0. The zero-order valence-electron chi connectivity index (χ0n) is 11.0. The molecule has 0 bridgehead atoms. The van der Waals surface area contributed by atoms with E-state index in [1.165, 1.54) is 12.1 Å². The van der Waals surface area contributed by atoms with E-state index in [0.29, 0.717) is 19.6 Å². The first-order chi connectivity index (χ1) is 8.61. The summed E-state index contributed by atoms with van der Waals surface area (Å²) < 4.78 is 17.7. The Morgan fingerprint density at radius 2 is 2.00 bits per heavy atom. The maximum absolute atomic E-state index is 12.7. The third kappa shape index (κ3) is 5.89. The first kappa shape index (κ1) is 14.8. The van der Waals surface area contributed by atoms with Gasteiger partial charge in [-0.2, -0.15) is 0 Å². The minimum Gasteiger partial charge on any atom is -0.385 e. The minimum atomic E-state index is -0.275. The molecule has 0 amide bonds. The molecule has 0 unspecified atom stereocenters. The van der Waals surface area contributed by atoms with Crippen LogP contribution in [-0.4, -0.2) is 44.5 Å². The summed E-state index contributed by atoms with van der Waals surface area (Å²) in [4.78, 5) is 13.8. The number of rotatable bonds is 8. The van der Waals surface area contributed by atoms with Crippen LogP contribution in [0.1, 0.15) is 12.0 Å². The molecule has 3 nitrogen and oxygen atoms in total. The lowest BCUT2D eigenvalue weighted by atomic mass is 10.1. The molecular weight excluding hydrogens is 233 g/mol. The van der Waals surface area contributed by atoms with Crippen LogP contribution in [0.3, 0.4) is 0 Å². The average Bonchev–Trinajstić information content (AvgIpc) is 2.32. The number of Topliss-reactive ketones (excluding diaryl/α,β-unsaturated/α-hetero) is 1. The Kier molecular flexibility index (Phi) is 6.54. The first-order valence-electron chi connectivity index (χ1n) is 6.05. The number of ketones is 1. The van der Waals surface area contributed by atoms with E-state index in [-0.39, 0.29) is 11.6 Å². The van der Waals surface area contributed by atoms with Crippen molar-refractivity contribution < 1.29 is 13.9 Å². The molecule has 4 heteroatoms. The van der Waals surface area contributed by atoms with Gasteiger partial charge in [-0.05, 0) is 31.2 Å². The molecule has 0 saturated carbocycles. The molecule has 100 valence electrons. The number of hydrogen-bond acceptors (Lipinski definition) is 3. The van der Waals surface area contributed by atoms with Gasteiger partial charge in [-0.3, -0.25) is 9.69 Å². The molecular formula is C14H20FNO2. The Bertz CT molecular complexity index is 365. The summed E-state index contributed by atoms with van der Waals surface area (Å²) in [6.45, 7) is 1.96. The fraction of sp³-hybridized carbons (Fsp3) is 0.500. The average molecular weight is 253 g/mol. The topological polar surface area (TPSA) is 29.5 Å². The summed E-state index contributed by atoms with van der Waals surface area (Å²) in [5.41, 5.74) is 0.853. The largest absolute Gasteiger partial charge is 0.385 e. The Labute approximate surface area is 108 Å². The first-order valence-corrected chi connectivity index (χ1v) is 6.05. The lowest BCUT2D eigenvalue weighted by Gasteiger charge is -2.15. The van der Waals surface area contributed by atoms with Crippen molar-refractivity contribution >= 4 is 5.78 Å². The molecule has 1 rings (SSSR count). The van der Waals surface area contributed by atoms with Crippen molar-refractivity contribution in [1.82, 2.24) is 4.90 Å². The van der Waals surface area contributed by atoms with Gasteiger partial charge in [-0.25, -0.2) is 4.39 Å². The quantitative estimate of drug-likeness (QED) is 0.663. The van der Waals surface area contributed by atoms with E-state index in [1.54, 1.807) is 19.2 Å². The highest BCUT2D eigenvalue weighted by molar-refractivity contribution is 5.82. The second-order valence-electron chi connectivity index (χ2n) is 4.43. The molecule has 0 aliphatic rings. The molecule has 1 aromatic rings. The lowest BCUT2D eigenvalue weighted by Crippen LogP contribution is -2.28. The monoisotopic (exact) mass is 253 g/mol. The third-order valence-corrected chi connectivity index (χ3v) is 2.65. The van der Waals surface area contributed by atoms with Gasteiger partial charge in [-0.1, -0.05) is 12.1 Å². The van der Waals surface area contributed by atoms with Crippen LogP contribution in [-0.2, 0) is 16.0 Å². The molecule has 0 aliphatic carbocycles. The molecule has 0 heterocycles. The van der Waals surface area contributed by atoms with Crippen molar-refractivity contribution in [2.45, 2.75) is 12.8 Å². The molecule has 0 saturated heterocycles. The third-order valence-electron chi connectivity index (χ3n) is 2.65. The Morgan fingerprint density at radius 3 is 2.61 bits per heavy atom. The molecule has 0 N–H and O–H groups in total. The van der Waals surface area contributed by atoms with Crippen LogP contribution < -0.4 is 0 Å². The number of nitrogens with zero attached hydrogens (tertiary/aromatic N) is 1.